The number of rotatable bonds is 2. The number of aldehydes is 1. The summed E-state index contributed by atoms with van der Waals surface area (Å²) in [6.07, 6.45) is 0.960. The minimum atomic E-state index is -0.476. The van der Waals surface area contributed by atoms with E-state index in [1.165, 1.54) is 0 Å². The van der Waals surface area contributed by atoms with E-state index in [2.05, 4.69) is 0 Å². The quantitative estimate of drug-likeness (QED) is 0.695. The fraction of sp³-hybridized carbons (Fsp3) is 0.417. The monoisotopic (exact) mass is 220 g/mol. The number of ether oxygens (including phenoxy) is 3. The molecule has 2 aliphatic heterocycles. The van der Waals surface area contributed by atoms with E-state index in [0.29, 0.717) is 26.4 Å². The van der Waals surface area contributed by atoms with Gasteiger partial charge in [0, 0.05) is 0 Å². The van der Waals surface area contributed by atoms with Gasteiger partial charge in [0.25, 0.3) is 0 Å². The highest BCUT2D eigenvalue weighted by Gasteiger charge is 2.40. The van der Waals surface area contributed by atoms with Gasteiger partial charge in [-0.05, 0) is 17.7 Å². The molecule has 1 saturated heterocycles. The molecule has 3 rings (SSSR count). The van der Waals surface area contributed by atoms with Gasteiger partial charge in [0.2, 0.25) is 0 Å². The zero-order valence-electron chi connectivity index (χ0n) is 8.77. The Labute approximate surface area is 93.1 Å². The molecule has 0 N–H and O–H groups in total. The second kappa shape index (κ2) is 3.49. The number of hydrogen-bond donors (Lipinski definition) is 0. The highest BCUT2D eigenvalue weighted by atomic mass is 16.6. The molecule has 1 fully saturated rings. The van der Waals surface area contributed by atoms with Crippen LogP contribution in [0.5, 0.6) is 11.5 Å². The Bertz CT molecular complexity index is 423. The van der Waals surface area contributed by atoms with Crippen LogP contribution in [-0.2, 0) is 14.9 Å². The molecule has 84 valence electrons. The van der Waals surface area contributed by atoms with Gasteiger partial charge in [0.15, 0.2) is 11.5 Å². The van der Waals surface area contributed by atoms with Gasteiger partial charge >= 0.3 is 0 Å². The van der Waals surface area contributed by atoms with Gasteiger partial charge in [-0.1, -0.05) is 6.07 Å². The SMILES string of the molecule is O=CC1(c2ccc3c(c2)OCCO3)COC1. The van der Waals surface area contributed by atoms with Crippen LogP contribution in [0.4, 0.5) is 0 Å². The van der Waals surface area contributed by atoms with Crippen molar-refractivity contribution in [3.8, 4) is 11.5 Å². The van der Waals surface area contributed by atoms with E-state index in [9.17, 15) is 4.79 Å². The van der Waals surface area contributed by atoms with E-state index in [4.69, 9.17) is 14.2 Å². The lowest BCUT2D eigenvalue weighted by Gasteiger charge is -2.37. The molecule has 0 aromatic heterocycles. The summed E-state index contributed by atoms with van der Waals surface area (Å²) in [5, 5.41) is 0. The van der Waals surface area contributed by atoms with E-state index >= 15 is 0 Å². The molecular formula is C12H12O4. The summed E-state index contributed by atoms with van der Waals surface area (Å²) in [7, 11) is 0. The number of carbonyl (C=O) groups excluding carboxylic acids is 1. The molecule has 2 heterocycles. The minimum Gasteiger partial charge on any atom is -0.486 e. The molecule has 0 saturated carbocycles. The first-order chi connectivity index (χ1) is 7.84. The van der Waals surface area contributed by atoms with Crippen LogP contribution in [-0.4, -0.2) is 32.7 Å². The molecule has 16 heavy (non-hydrogen) atoms. The molecule has 0 radical (unpaired) electrons. The summed E-state index contributed by atoms with van der Waals surface area (Å²) in [4.78, 5) is 11.1. The second-order valence-corrected chi connectivity index (χ2v) is 4.13. The first-order valence-electron chi connectivity index (χ1n) is 5.28. The summed E-state index contributed by atoms with van der Waals surface area (Å²) < 4.78 is 16.0. The molecule has 1 aromatic carbocycles. The normalized spacial score (nSPS) is 21.0. The van der Waals surface area contributed by atoms with E-state index < -0.39 is 5.41 Å². The number of benzene rings is 1. The number of carbonyl (C=O) groups is 1. The van der Waals surface area contributed by atoms with Crippen LogP contribution in [0.2, 0.25) is 0 Å². The van der Waals surface area contributed by atoms with Gasteiger partial charge in [-0.15, -0.1) is 0 Å². The Morgan fingerprint density at radius 2 is 1.88 bits per heavy atom. The second-order valence-electron chi connectivity index (χ2n) is 4.13. The molecule has 4 nitrogen and oxygen atoms in total. The first-order valence-corrected chi connectivity index (χ1v) is 5.28. The molecule has 0 amide bonds. The number of fused-ring (bicyclic) bond motifs is 1. The van der Waals surface area contributed by atoms with Gasteiger partial charge in [-0.25, -0.2) is 0 Å². The lowest BCUT2D eigenvalue weighted by Crippen LogP contribution is -2.48. The van der Waals surface area contributed by atoms with Gasteiger partial charge in [-0.3, -0.25) is 0 Å². The average Bonchev–Trinajstić information content (AvgIpc) is 2.28. The maximum atomic E-state index is 11.1. The maximum Gasteiger partial charge on any atom is 0.161 e. The summed E-state index contributed by atoms with van der Waals surface area (Å²) in [5.41, 5.74) is 0.466. The van der Waals surface area contributed by atoms with Gasteiger partial charge < -0.3 is 19.0 Å². The van der Waals surface area contributed by atoms with Crippen LogP contribution in [0, 0.1) is 0 Å². The van der Waals surface area contributed by atoms with E-state index in [-0.39, 0.29) is 0 Å². The molecule has 2 aliphatic rings. The lowest BCUT2D eigenvalue weighted by molar-refractivity contribution is -0.129. The Balaban J connectivity index is 1.99. The molecule has 1 aromatic rings. The van der Waals surface area contributed by atoms with Crippen LogP contribution in [0.15, 0.2) is 18.2 Å². The predicted octanol–water partition coefficient (Wildman–Crippen LogP) is 0.925. The van der Waals surface area contributed by atoms with Crippen LogP contribution in [0.3, 0.4) is 0 Å². The van der Waals surface area contributed by atoms with Gasteiger partial charge in [0.05, 0.1) is 18.6 Å². The molecule has 0 atom stereocenters. The van der Waals surface area contributed by atoms with Crippen molar-refractivity contribution in [2.75, 3.05) is 26.4 Å². The Kier molecular flexibility index (Phi) is 2.11. The zero-order chi connectivity index (χ0) is 11.0. The third-order valence-electron chi connectivity index (χ3n) is 3.06. The molecule has 4 heteroatoms. The third kappa shape index (κ3) is 1.30. The Hall–Kier alpha value is -1.55. The van der Waals surface area contributed by atoms with E-state index in [1.807, 2.05) is 18.2 Å². The predicted molar refractivity (Wildman–Crippen MR) is 56.0 cm³/mol. The largest absolute Gasteiger partial charge is 0.486 e. The highest BCUT2D eigenvalue weighted by molar-refractivity contribution is 5.71. The van der Waals surface area contributed by atoms with Crippen LogP contribution in [0.1, 0.15) is 5.56 Å². The fourth-order valence-corrected chi connectivity index (χ4v) is 1.98. The van der Waals surface area contributed by atoms with Crippen molar-refractivity contribution in [1.82, 2.24) is 0 Å². The molecule has 0 spiro atoms. The van der Waals surface area contributed by atoms with Crippen LogP contribution in [0.25, 0.3) is 0 Å². The summed E-state index contributed by atoms with van der Waals surface area (Å²) in [6.45, 7) is 2.04. The Morgan fingerprint density at radius 3 is 2.50 bits per heavy atom. The van der Waals surface area contributed by atoms with Gasteiger partial charge in [-0.2, -0.15) is 0 Å². The van der Waals surface area contributed by atoms with Crippen molar-refractivity contribution in [1.29, 1.82) is 0 Å². The van der Waals surface area contributed by atoms with Crippen molar-refractivity contribution in [3.05, 3.63) is 23.8 Å². The fourth-order valence-electron chi connectivity index (χ4n) is 1.98. The number of hydrogen-bond acceptors (Lipinski definition) is 4. The van der Waals surface area contributed by atoms with Crippen molar-refractivity contribution in [2.24, 2.45) is 0 Å². The molecule has 0 unspecified atom stereocenters. The third-order valence-corrected chi connectivity index (χ3v) is 3.06. The van der Waals surface area contributed by atoms with Crippen LogP contribution >= 0.6 is 0 Å². The average molecular weight is 220 g/mol. The first kappa shape index (κ1) is 9.66. The standard InChI is InChI=1S/C12H12O4/c13-6-12(7-14-8-12)9-1-2-10-11(5-9)16-4-3-15-10/h1-2,5-6H,3-4,7-8H2. The maximum absolute atomic E-state index is 11.1. The van der Waals surface area contributed by atoms with Crippen molar-refractivity contribution >= 4 is 6.29 Å². The van der Waals surface area contributed by atoms with Crippen molar-refractivity contribution in [2.45, 2.75) is 5.41 Å². The summed E-state index contributed by atoms with van der Waals surface area (Å²) in [5.74, 6) is 1.47. The van der Waals surface area contributed by atoms with E-state index in [1.54, 1.807) is 0 Å². The Morgan fingerprint density at radius 1 is 1.12 bits per heavy atom. The minimum absolute atomic E-state index is 0.455. The lowest BCUT2D eigenvalue weighted by atomic mass is 9.80. The summed E-state index contributed by atoms with van der Waals surface area (Å²) >= 11 is 0. The van der Waals surface area contributed by atoms with Crippen LogP contribution < -0.4 is 9.47 Å². The van der Waals surface area contributed by atoms with Crippen molar-refractivity contribution in [3.63, 3.8) is 0 Å². The van der Waals surface area contributed by atoms with Crippen molar-refractivity contribution < 1.29 is 19.0 Å². The highest BCUT2D eigenvalue weighted by Crippen LogP contribution is 2.37. The molecular weight excluding hydrogens is 208 g/mol. The molecule has 0 bridgehead atoms. The molecule has 0 aliphatic carbocycles. The van der Waals surface area contributed by atoms with Gasteiger partial charge in [0.1, 0.15) is 19.5 Å². The smallest absolute Gasteiger partial charge is 0.161 e. The zero-order valence-corrected chi connectivity index (χ0v) is 8.77. The summed E-state index contributed by atoms with van der Waals surface area (Å²) in [6, 6.07) is 5.64. The van der Waals surface area contributed by atoms with E-state index in [0.717, 1.165) is 23.3 Å². The topological polar surface area (TPSA) is 44.8 Å².